The van der Waals surface area contributed by atoms with Gasteiger partial charge >= 0.3 is 0 Å². The quantitative estimate of drug-likeness (QED) is 0.450. The summed E-state index contributed by atoms with van der Waals surface area (Å²) in [6.45, 7) is 10.8. The van der Waals surface area contributed by atoms with Crippen molar-refractivity contribution in [1.82, 2.24) is 29.6 Å². The molecule has 4 heterocycles. The number of para-hydroxylation sites is 1. The van der Waals surface area contributed by atoms with Crippen LogP contribution in [0.15, 0.2) is 42.7 Å². The number of nitrogens with zero attached hydrogens (tertiary/aromatic N) is 7. The molecule has 0 aliphatic carbocycles. The maximum absolute atomic E-state index is 11.8. The van der Waals surface area contributed by atoms with E-state index in [1.807, 2.05) is 40.2 Å². The Hall–Kier alpha value is -3.75. The molecule has 0 spiro atoms. The van der Waals surface area contributed by atoms with Crippen LogP contribution < -0.4 is 10.2 Å². The maximum Gasteiger partial charge on any atom is 0.228 e. The van der Waals surface area contributed by atoms with Gasteiger partial charge in [-0.25, -0.2) is 4.98 Å². The van der Waals surface area contributed by atoms with E-state index in [1.54, 1.807) is 6.92 Å². The summed E-state index contributed by atoms with van der Waals surface area (Å²) in [6.07, 6.45) is 4.70. The molecule has 9 nitrogen and oxygen atoms in total. The first-order valence-electron chi connectivity index (χ1n) is 12.3. The highest BCUT2D eigenvalue weighted by atomic mass is 16.2. The van der Waals surface area contributed by atoms with Gasteiger partial charge in [0.05, 0.1) is 17.8 Å². The standard InChI is InChI=1S/C26H32N8O/c1-5-17(2)34-24-23(16-28-34)30-26(33-12-10-32(11-13-33)19(4)35)31-25(24)29-18(3)21-14-20-8-6-7-9-22(20)27-15-21/h6-9,14-18H,5,10-13H2,1-4H3,(H,29,30,31)/t17-,18+/m0/s1. The van der Waals surface area contributed by atoms with Crippen LogP contribution in [0.25, 0.3) is 21.9 Å². The number of carbonyl (C=O) groups is 1. The topological polar surface area (TPSA) is 92.1 Å². The number of benzene rings is 1. The fourth-order valence-electron chi connectivity index (χ4n) is 4.53. The first-order valence-corrected chi connectivity index (χ1v) is 12.3. The van der Waals surface area contributed by atoms with Gasteiger partial charge in [0.1, 0.15) is 11.0 Å². The van der Waals surface area contributed by atoms with E-state index in [-0.39, 0.29) is 18.0 Å². The summed E-state index contributed by atoms with van der Waals surface area (Å²) >= 11 is 0. The highest BCUT2D eigenvalue weighted by Gasteiger charge is 2.24. The van der Waals surface area contributed by atoms with Crippen LogP contribution in [0.5, 0.6) is 0 Å². The van der Waals surface area contributed by atoms with Crippen molar-refractivity contribution >= 4 is 39.6 Å². The van der Waals surface area contributed by atoms with Crippen molar-refractivity contribution in [2.75, 3.05) is 36.4 Å². The summed E-state index contributed by atoms with van der Waals surface area (Å²) < 4.78 is 2.01. The lowest BCUT2D eigenvalue weighted by molar-refractivity contribution is -0.129. The molecule has 3 aromatic heterocycles. The second-order valence-electron chi connectivity index (χ2n) is 9.27. The fraction of sp³-hybridized carbons (Fsp3) is 0.423. The van der Waals surface area contributed by atoms with Gasteiger partial charge in [0.2, 0.25) is 11.9 Å². The van der Waals surface area contributed by atoms with E-state index in [2.05, 4.69) is 53.2 Å². The van der Waals surface area contributed by atoms with Gasteiger partial charge in [0.15, 0.2) is 5.82 Å². The average molecular weight is 473 g/mol. The molecule has 1 aliphatic rings. The number of rotatable bonds is 6. The second kappa shape index (κ2) is 9.48. The highest BCUT2D eigenvalue weighted by Crippen LogP contribution is 2.30. The largest absolute Gasteiger partial charge is 0.362 e. The molecule has 1 aliphatic heterocycles. The van der Waals surface area contributed by atoms with Crippen molar-refractivity contribution in [3.05, 3.63) is 48.3 Å². The number of piperazine rings is 1. The number of anilines is 2. The lowest BCUT2D eigenvalue weighted by Gasteiger charge is -2.34. The van der Waals surface area contributed by atoms with Gasteiger partial charge in [0, 0.05) is 50.7 Å². The van der Waals surface area contributed by atoms with Crippen molar-refractivity contribution in [3.8, 4) is 0 Å². The predicted molar refractivity (Wildman–Crippen MR) is 139 cm³/mol. The molecular formula is C26H32N8O. The molecular weight excluding hydrogens is 440 g/mol. The lowest BCUT2D eigenvalue weighted by atomic mass is 10.1. The molecule has 9 heteroatoms. The lowest BCUT2D eigenvalue weighted by Crippen LogP contribution is -2.48. The monoisotopic (exact) mass is 472 g/mol. The minimum Gasteiger partial charge on any atom is -0.362 e. The minimum atomic E-state index is -0.0205. The van der Waals surface area contributed by atoms with Crippen LogP contribution in [-0.4, -0.2) is 61.7 Å². The van der Waals surface area contributed by atoms with Crippen LogP contribution in [0.4, 0.5) is 11.8 Å². The fourth-order valence-corrected chi connectivity index (χ4v) is 4.53. The Labute approximate surface area is 205 Å². The zero-order valence-electron chi connectivity index (χ0n) is 20.8. The van der Waals surface area contributed by atoms with E-state index in [0.717, 1.165) is 39.7 Å². The number of carbonyl (C=O) groups excluding carboxylic acids is 1. The molecule has 1 fully saturated rings. The molecule has 2 atom stereocenters. The van der Waals surface area contributed by atoms with Crippen molar-refractivity contribution in [2.45, 2.75) is 46.2 Å². The van der Waals surface area contributed by atoms with Crippen LogP contribution >= 0.6 is 0 Å². The van der Waals surface area contributed by atoms with E-state index in [9.17, 15) is 4.79 Å². The maximum atomic E-state index is 11.8. The molecule has 1 amide bonds. The highest BCUT2D eigenvalue weighted by molar-refractivity contribution is 5.87. The third-order valence-corrected chi connectivity index (χ3v) is 6.91. The predicted octanol–water partition coefficient (Wildman–Crippen LogP) is 4.19. The van der Waals surface area contributed by atoms with E-state index >= 15 is 0 Å². The van der Waals surface area contributed by atoms with E-state index in [4.69, 9.17) is 9.97 Å². The number of amides is 1. The summed E-state index contributed by atoms with van der Waals surface area (Å²) in [6, 6.07) is 10.5. The van der Waals surface area contributed by atoms with Gasteiger partial charge in [0.25, 0.3) is 0 Å². The Bertz CT molecular complexity index is 1360. The third-order valence-electron chi connectivity index (χ3n) is 6.91. The third kappa shape index (κ3) is 4.50. The van der Waals surface area contributed by atoms with E-state index < -0.39 is 0 Å². The molecule has 0 bridgehead atoms. The summed E-state index contributed by atoms with van der Waals surface area (Å²) in [4.78, 5) is 30.3. The van der Waals surface area contributed by atoms with Gasteiger partial charge < -0.3 is 15.1 Å². The minimum absolute atomic E-state index is 0.0205. The Kier molecular flexibility index (Phi) is 6.23. The zero-order chi connectivity index (χ0) is 24.5. The molecule has 35 heavy (non-hydrogen) atoms. The summed E-state index contributed by atoms with van der Waals surface area (Å²) in [5, 5.41) is 9.41. The van der Waals surface area contributed by atoms with Crippen molar-refractivity contribution in [2.24, 2.45) is 0 Å². The smallest absolute Gasteiger partial charge is 0.228 e. The van der Waals surface area contributed by atoms with Gasteiger partial charge in [-0.05, 0) is 38.0 Å². The second-order valence-corrected chi connectivity index (χ2v) is 9.27. The number of hydrogen-bond acceptors (Lipinski definition) is 7. The summed E-state index contributed by atoms with van der Waals surface area (Å²) in [5.41, 5.74) is 3.79. The molecule has 1 saturated heterocycles. The summed E-state index contributed by atoms with van der Waals surface area (Å²) in [5.74, 6) is 1.53. The number of aromatic nitrogens is 5. The van der Waals surface area contributed by atoms with Gasteiger partial charge in [-0.2, -0.15) is 10.1 Å². The molecule has 4 aromatic rings. The van der Waals surface area contributed by atoms with Crippen molar-refractivity contribution in [3.63, 3.8) is 0 Å². The molecule has 5 rings (SSSR count). The Morgan fingerprint density at radius 1 is 1.06 bits per heavy atom. The van der Waals surface area contributed by atoms with Crippen LogP contribution in [0.2, 0.25) is 0 Å². The van der Waals surface area contributed by atoms with E-state index in [0.29, 0.717) is 32.1 Å². The number of nitrogens with one attached hydrogen (secondary N) is 1. The molecule has 0 unspecified atom stereocenters. The SMILES string of the molecule is CC[C@H](C)n1ncc2nc(N3CCN(C(C)=O)CC3)nc(N[C@H](C)c3cnc4ccccc4c3)c21. The summed E-state index contributed by atoms with van der Waals surface area (Å²) in [7, 11) is 0. The molecule has 0 radical (unpaired) electrons. The number of hydrogen-bond donors (Lipinski definition) is 1. The zero-order valence-corrected chi connectivity index (χ0v) is 20.8. The van der Waals surface area contributed by atoms with Crippen LogP contribution in [0, 0.1) is 0 Å². The first-order chi connectivity index (χ1) is 16.9. The first kappa shape index (κ1) is 23.0. The van der Waals surface area contributed by atoms with Gasteiger partial charge in [-0.1, -0.05) is 25.1 Å². The van der Waals surface area contributed by atoms with Crippen molar-refractivity contribution in [1.29, 1.82) is 0 Å². The number of fused-ring (bicyclic) bond motifs is 2. The number of pyridine rings is 1. The molecule has 1 N–H and O–H groups in total. The normalized spacial score (nSPS) is 16.0. The average Bonchev–Trinajstić information content (AvgIpc) is 3.32. The molecule has 0 saturated carbocycles. The van der Waals surface area contributed by atoms with Gasteiger partial charge in [-0.3, -0.25) is 14.5 Å². The molecule has 1 aromatic carbocycles. The Morgan fingerprint density at radius 3 is 2.57 bits per heavy atom. The van der Waals surface area contributed by atoms with Gasteiger partial charge in [-0.15, -0.1) is 0 Å². The Morgan fingerprint density at radius 2 is 1.83 bits per heavy atom. The van der Waals surface area contributed by atoms with Crippen LogP contribution in [0.3, 0.4) is 0 Å². The van der Waals surface area contributed by atoms with Crippen molar-refractivity contribution < 1.29 is 4.79 Å². The van der Waals surface area contributed by atoms with Crippen LogP contribution in [0.1, 0.15) is 51.8 Å². The van der Waals surface area contributed by atoms with Crippen LogP contribution in [-0.2, 0) is 4.79 Å². The molecule has 182 valence electrons. The van der Waals surface area contributed by atoms with E-state index in [1.165, 1.54) is 0 Å². The Balaban J connectivity index is 1.51.